The first-order valence-corrected chi connectivity index (χ1v) is 4.20. The zero-order chi connectivity index (χ0) is 10.7. The number of methoxy groups -OCH3 is 1. The quantitative estimate of drug-likeness (QED) is 0.688. The molecule has 0 aliphatic heterocycles. The second-order valence-corrected chi connectivity index (χ2v) is 3.12. The lowest BCUT2D eigenvalue weighted by Crippen LogP contribution is -2.06. The molecule has 1 nitrogen and oxygen atoms in total. The van der Waals surface area contributed by atoms with Crippen LogP contribution >= 0.6 is 0 Å². The highest BCUT2D eigenvalue weighted by Gasteiger charge is 2.17. The average molecular weight is 204 g/mol. The molecule has 1 unspecified atom stereocenters. The summed E-state index contributed by atoms with van der Waals surface area (Å²) < 4.78 is 43.3. The maximum Gasteiger partial charge on any atom is 0.194 e. The Bertz CT molecular complexity index is 325. The number of hydrogen-bond acceptors (Lipinski definition) is 1. The fraction of sp³-hybridized carbons (Fsp3) is 0.400. The Morgan fingerprint density at radius 3 is 2.43 bits per heavy atom. The molecule has 1 aromatic rings. The van der Waals surface area contributed by atoms with Gasteiger partial charge in [0.25, 0.3) is 0 Å². The Hall–Kier alpha value is -1.03. The molecular formula is C10H11F3O. The van der Waals surface area contributed by atoms with E-state index in [4.69, 9.17) is 4.74 Å². The molecule has 0 amide bonds. The topological polar surface area (TPSA) is 9.23 Å². The minimum absolute atomic E-state index is 0.130. The molecule has 0 aromatic heterocycles. The van der Waals surface area contributed by atoms with Crippen LogP contribution in [-0.2, 0) is 4.74 Å². The molecule has 78 valence electrons. The summed E-state index contributed by atoms with van der Waals surface area (Å²) in [7, 11) is 1.47. The zero-order valence-corrected chi connectivity index (χ0v) is 7.98. The van der Waals surface area contributed by atoms with E-state index >= 15 is 0 Å². The molecule has 14 heavy (non-hydrogen) atoms. The van der Waals surface area contributed by atoms with Crippen LogP contribution in [0.1, 0.15) is 18.4 Å². The Kier molecular flexibility index (Phi) is 3.52. The number of rotatable bonds is 3. The maximum absolute atomic E-state index is 13.2. The Balaban J connectivity index is 3.04. The first-order valence-electron chi connectivity index (χ1n) is 4.20. The fourth-order valence-electron chi connectivity index (χ4n) is 1.26. The monoisotopic (exact) mass is 204 g/mol. The van der Waals surface area contributed by atoms with Gasteiger partial charge in [-0.3, -0.25) is 0 Å². The van der Waals surface area contributed by atoms with Crippen LogP contribution in [0.2, 0.25) is 0 Å². The molecule has 0 aliphatic carbocycles. The van der Waals surface area contributed by atoms with Crippen molar-refractivity contribution in [2.75, 3.05) is 13.7 Å². The van der Waals surface area contributed by atoms with Gasteiger partial charge in [0.05, 0.1) is 6.61 Å². The third kappa shape index (κ3) is 2.07. The van der Waals surface area contributed by atoms with Gasteiger partial charge in [0.2, 0.25) is 0 Å². The minimum Gasteiger partial charge on any atom is -0.384 e. The summed E-state index contributed by atoms with van der Waals surface area (Å²) in [4.78, 5) is 0. The maximum atomic E-state index is 13.2. The Morgan fingerprint density at radius 1 is 1.21 bits per heavy atom. The molecule has 4 heteroatoms. The summed E-state index contributed by atoms with van der Waals surface area (Å²) in [6.07, 6.45) is 0. The van der Waals surface area contributed by atoms with Crippen LogP contribution in [0, 0.1) is 17.5 Å². The van der Waals surface area contributed by atoms with E-state index in [1.165, 1.54) is 13.2 Å². The molecular weight excluding hydrogens is 193 g/mol. The van der Waals surface area contributed by atoms with Crippen molar-refractivity contribution >= 4 is 0 Å². The second kappa shape index (κ2) is 4.46. The molecule has 0 bridgehead atoms. The van der Waals surface area contributed by atoms with Crippen LogP contribution in [0.15, 0.2) is 12.1 Å². The molecule has 0 saturated heterocycles. The van der Waals surface area contributed by atoms with Gasteiger partial charge in [0.1, 0.15) is 0 Å². The number of ether oxygens (including phenoxy) is 1. The Morgan fingerprint density at radius 2 is 1.86 bits per heavy atom. The van der Waals surface area contributed by atoms with E-state index in [1.807, 2.05) is 0 Å². The molecule has 0 spiro atoms. The lowest BCUT2D eigenvalue weighted by Gasteiger charge is -2.11. The van der Waals surface area contributed by atoms with Crippen molar-refractivity contribution in [1.82, 2.24) is 0 Å². The van der Waals surface area contributed by atoms with Crippen LogP contribution in [-0.4, -0.2) is 13.7 Å². The highest BCUT2D eigenvalue weighted by Crippen LogP contribution is 2.22. The standard InChI is InChI=1S/C10H11F3O/c1-6(5-14-2)7-3-4-8(11)10(13)9(7)12/h3-4,6H,5H2,1-2H3. The van der Waals surface area contributed by atoms with Gasteiger partial charge >= 0.3 is 0 Å². The van der Waals surface area contributed by atoms with Gasteiger partial charge in [-0.25, -0.2) is 13.2 Å². The smallest absolute Gasteiger partial charge is 0.194 e. The van der Waals surface area contributed by atoms with Gasteiger partial charge in [-0.15, -0.1) is 0 Å². The fourth-order valence-corrected chi connectivity index (χ4v) is 1.26. The van der Waals surface area contributed by atoms with Gasteiger partial charge in [-0.1, -0.05) is 13.0 Å². The summed E-state index contributed by atoms with van der Waals surface area (Å²) >= 11 is 0. The van der Waals surface area contributed by atoms with Gasteiger partial charge < -0.3 is 4.74 Å². The zero-order valence-electron chi connectivity index (χ0n) is 7.98. The van der Waals surface area contributed by atoms with Gasteiger partial charge in [0, 0.05) is 13.0 Å². The third-order valence-electron chi connectivity index (χ3n) is 2.01. The minimum atomic E-state index is -1.43. The van der Waals surface area contributed by atoms with Gasteiger partial charge in [0.15, 0.2) is 17.5 Å². The molecule has 0 saturated carbocycles. The van der Waals surface area contributed by atoms with Crippen molar-refractivity contribution < 1.29 is 17.9 Å². The predicted molar refractivity (Wildman–Crippen MR) is 46.6 cm³/mol. The van der Waals surface area contributed by atoms with Crippen molar-refractivity contribution in [3.8, 4) is 0 Å². The number of halogens is 3. The van der Waals surface area contributed by atoms with E-state index in [0.29, 0.717) is 0 Å². The summed E-state index contributed by atoms with van der Waals surface area (Å²) in [5, 5.41) is 0. The number of benzene rings is 1. The molecule has 1 aromatic carbocycles. The summed E-state index contributed by atoms with van der Waals surface area (Å²) in [6.45, 7) is 1.95. The molecule has 1 atom stereocenters. The first kappa shape index (κ1) is 11.0. The third-order valence-corrected chi connectivity index (χ3v) is 2.01. The molecule has 0 fully saturated rings. The van der Waals surface area contributed by atoms with E-state index in [9.17, 15) is 13.2 Å². The van der Waals surface area contributed by atoms with E-state index < -0.39 is 17.5 Å². The molecule has 1 rings (SSSR count). The lowest BCUT2D eigenvalue weighted by molar-refractivity contribution is 0.182. The van der Waals surface area contributed by atoms with Crippen molar-refractivity contribution in [3.05, 3.63) is 35.1 Å². The van der Waals surface area contributed by atoms with E-state index in [1.54, 1.807) is 6.92 Å². The van der Waals surface area contributed by atoms with E-state index in [0.717, 1.165) is 6.07 Å². The van der Waals surface area contributed by atoms with Crippen LogP contribution < -0.4 is 0 Å². The van der Waals surface area contributed by atoms with Gasteiger partial charge in [-0.05, 0) is 11.6 Å². The van der Waals surface area contributed by atoms with Crippen molar-refractivity contribution in [2.45, 2.75) is 12.8 Å². The summed E-state index contributed by atoms with van der Waals surface area (Å²) in [5.74, 6) is -4.02. The molecule has 0 aliphatic rings. The molecule has 0 radical (unpaired) electrons. The molecule has 0 heterocycles. The highest BCUT2D eigenvalue weighted by molar-refractivity contribution is 5.23. The van der Waals surface area contributed by atoms with Crippen molar-refractivity contribution in [1.29, 1.82) is 0 Å². The van der Waals surface area contributed by atoms with E-state index in [-0.39, 0.29) is 18.1 Å². The van der Waals surface area contributed by atoms with Crippen molar-refractivity contribution in [3.63, 3.8) is 0 Å². The first-order chi connectivity index (χ1) is 6.57. The van der Waals surface area contributed by atoms with Crippen LogP contribution in [0.4, 0.5) is 13.2 Å². The predicted octanol–water partition coefficient (Wildman–Crippen LogP) is 2.85. The van der Waals surface area contributed by atoms with Crippen LogP contribution in [0.25, 0.3) is 0 Å². The average Bonchev–Trinajstić information content (AvgIpc) is 2.15. The largest absolute Gasteiger partial charge is 0.384 e. The highest BCUT2D eigenvalue weighted by atomic mass is 19.2. The van der Waals surface area contributed by atoms with Crippen LogP contribution in [0.3, 0.4) is 0 Å². The van der Waals surface area contributed by atoms with Gasteiger partial charge in [-0.2, -0.15) is 0 Å². The van der Waals surface area contributed by atoms with E-state index in [2.05, 4.69) is 0 Å². The SMILES string of the molecule is COCC(C)c1ccc(F)c(F)c1F. The van der Waals surface area contributed by atoms with Crippen LogP contribution in [0.5, 0.6) is 0 Å². The second-order valence-electron chi connectivity index (χ2n) is 3.12. The lowest BCUT2D eigenvalue weighted by atomic mass is 10.0. The normalized spacial score (nSPS) is 12.9. The molecule has 0 N–H and O–H groups in total. The summed E-state index contributed by atoms with van der Waals surface area (Å²) in [5.41, 5.74) is 0.130. The van der Waals surface area contributed by atoms with Crippen molar-refractivity contribution in [2.24, 2.45) is 0 Å². The summed E-state index contributed by atoms with van der Waals surface area (Å²) in [6, 6.07) is 2.15. The number of hydrogen-bond donors (Lipinski definition) is 0. The Labute approximate surface area is 80.5 Å².